The van der Waals surface area contributed by atoms with E-state index in [2.05, 4.69) is 10.4 Å². The van der Waals surface area contributed by atoms with Gasteiger partial charge in [-0.1, -0.05) is 11.6 Å². The fraction of sp³-hybridized carbons (Fsp3) is 0.111. The highest BCUT2D eigenvalue weighted by molar-refractivity contribution is 6.32. The molecule has 0 aliphatic carbocycles. The Bertz CT molecular complexity index is 881. The Labute approximate surface area is 145 Å². The van der Waals surface area contributed by atoms with Crippen molar-refractivity contribution in [2.45, 2.75) is 6.54 Å². The summed E-state index contributed by atoms with van der Waals surface area (Å²) in [5, 5.41) is 17.1. The van der Waals surface area contributed by atoms with Gasteiger partial charge in [-0.2, -0.15) is 10.4 Å². The van der Waals surface area contributed by atoms with Crippen LogP contribution < -0.4 is 10.1 Å². The maximum atomic E-state index is 8.89. The van der Waals surface area contributed by atoms with Crippen molar-refractivity contribution in [2.24, 2.45) is 0 Å². The normalized spacial score (nSPS) is 10.2. The third kappa shape index (κ3) is 3.50. The number of aromatic nitrogens is 2. The van der Waals surface area contributed by atoms with E-state index in [1.807, 2.05) is 53.3 Å². The first-order valence-electron chi connectivity index (χ1n) is 7.32. The largest absolute Gasteiger partial charge is 0.497 e. The van der Waals surface area contributed by atoms with Crippen molar-refractivity contribution in [3.8, 4) is 17.5 Å². The van der Waals surface area contributed by atoms with E-state index in [1.54, 1.807) is 19.2 Å². The van der Waals surface area contributed by atoms with E-state index in [4.69, 9.17) is 21.6 Å². The lowest BCUT2D eigenvalue weighted by Crippen LogP contribution is -2.02. The summed E-state index contributed by atoms with van der Waals surface area (Å²) in [6, 6.07) is 16.9. The number of methoxy groups -OCH3 is 1. The molecule has 3 aromatic rings. The van der Waals surface area contributed by atoms with Crippen molar-refractivity contribution in [1.29, 1.82) is 5.26 Å². The monoisotopic (exact) mass is 338 g/mol. The van der Waals surface area contributed by atoms with Crippen molar-refractivity contribution in [2.75, 3.05) is 12.4 Å². The van der Waals surface area contributed by atoms with Crippen LogP contribution in [0.5, 0.6) is 5.75 Å². The average molecular weight is 339 g/mol. The maximum absolute atomic E-state index is 8.89. The van der Waals surface area contributed by atoms with E-state index in [0.29, 0.717) is 17.1 Å². The molecule has 6 heteroatoms. The van der Waals surface area contributed by atoms with Crippen LogP contribution >= 0.6 is 11.6 Å². The summed E-state index contributed by atoms with van der Waals surface area (Å²) in [7, 11) is 1.64. The summed E-state index contributed by atoms with van der Waals surface area (Å²) in [4.78, 5) is 0. The number of benzene rings is 2. The molecule has 0 radical (unpaired) electrons. The van der Waals surface area contributed by atoms with Crippen molar-refractivity contribution in [3.05, 3.63) is 71.0 Å². The fourth-order valence-corrected chi connectivity index (χ4v) is 2.47. The van der Waals surface area contributed by atoms with Crippen LogP contribution in [0.15, 0.2) is 54.7 Å². The van der Waals surface area contributed by atoms with Gasteiger partial charge in [0, 0.05) is 11.9 Å². The molecule has 0 spiro atoms. The average Bonchev–Trinajstić information content (AvgIpc) is 3.09. The number of rotatable bonds is 5. The fourth-order valence-electron chi connectivity index (χ4n) is 2.24. The molecule has 0 atom stereocenters. The van der Waals surface area contributed by atoms with Crippen LogP contribution in [0.4, 0.5) is 5.69 Å². The molecular weight excluding hydrogens is 324 g/mol. The first-order chi connectivity index (χ1) is 11.7. The number of nitriles is 1. The Kier molecular flexibility index (Phi) is 4.69. The highest BCUT2D eigenvalue weighted by Gasteiger charge is 2.04. The first-order valence-corrected chi connectivity index (χ1v) is 7.70. The van der Waals surface area contributed by atoms with E-state index in [9.17, 15) is 0 Å². The van der Waals surface area contributed by atoms with Gasteiger partial charge in [-0.25, -0.2) is 4.68 Å². The quantitative estimate of drug-likeness (QED) is 0.763. The summed E-state index contributed by atoms with van der Waals surface area (Å²) in [6.45, 7) is 0.561. The molecule has 1 aromatic heterocycles. The Morgan fingerprint density at radius 1 is 1.21 bits per heavy atom. The Hall–Kier alpha value is -2.97. The Balaban J connectivity index is 1.67. The molecule has 3 rings (SSSR count). The van der Waals surface area contributed by atoms with E-state index < -0.39 is 0 Å². The lowest BCUT2D eigenvalue weighted by Gasteiger charge is -2.06. The molecule has 0 fully saturated rings. The minimum Gasteiger partial charge on any atom is -0.497 e. The molecule has 0 amide bonds. The van der Waals surface area contributed by atoms with Crippen molar-refractivity contribution in [3.63, 3.8) is 0 Å². The number of anilines is 1. The first kappa shape index (κ1) is 15.9. The minimum atomic E-state index is 0.436. The van der Waals surface area contributed by atoms with Crippen LogP contribution in [0.3, 0.4) is 0 Å². The molecule has 24 heavy (non-hydrogen) atoms. The number of ether oxygens (including phenoxy) is 1. The Morgan fingerprint density at radius 2 is 2.00 bits per heavy atom. The van der Waals surface area contributed by atoms with Gasteiger partial charge >= 0.3 is 0 Å². The number of nitrogens with one attached hydrogen (secondary N) is 1. The third-order valence-corrected chi connectivity index (χ3v) is 3.86. The molecular formula is C18H15ClN4O. The van der Waals surface area contributed by atoms with E-state index in [0.717, 1.165) is 22.8 Å². The van der Waals surface area contributed by atoms with Gasteiger partial charge < -0.3 is 10.1 Å². The van der Waals surface area contributed by atoms with Gasteiger partial charge in [0.1, 0.15) is 11.8 Å². The van der Waals surface area contributed by atoms with Gasteiger partial charge in [-0.3, -0.25) is 0 Å². The SMILES string of the molecule is COc1ccc(-n2ccc(CNc3ccc(C#N)c(Cl)c3)n2)cc1. The molecule has 2 aromatic carbocycles. The summed E-state index contributed by atoms with van der Waals surface area (Å²) >= 11 is 6.03. The van der Waals surface area contributed by atoms with Crippen molar-refractivity contribution < 1.29 is 4.74 Å². The topological polar surface area (TPSA) is 62.9 Å². The zero-order valence-corrected chi connectivity index (χ0v) is 13.8. The number of hydrogen-bond donors (Lipinski definition) is 1. The van der Waals surface area contributed by atoms with E-state index in [1.165, 1.54) is 0 Å². The van der Waals surface area contributed by atoms with Gasteiger partial charge in [-0.05, 0) is 48.5 Å². The highest BCUT2D eigenvalue weighted by atomic mass is 35.5. The van der Waals surface area contributed by atoms with Crippen molar-refractivity contribution >= 4 is 17.3 Å². The van der Waals surface area contributed by atoms with Crippen LogP contribution in [0.2, 0.25) is 5.02 Å². The summed E-state index contributed by atoms with van der Waals surface area (Å²) < 4.78 is 6.96. The van der Waals surface area contributed by atoms with Crippen LogP contribution in [0.25, 0.3) is 5.69 Å². The second-order valence-electron chi connectivity index (χ2n) is 5.11. The standard InChI is InChI=1S/C18H15ClN4O/c1-24-17-6-4-16(5-7-17)23-9-8-15(22-23)12-21-14-3-2-13(11-20)18(19)10-14/h2-10,21H,12H2,1H3. The minimum absolute atomic E-state index is 0.436. The van der Waals surface area contributed by atoms with Crippen LogP contribution in [-0.2, 0) is 6.54 Å². The van der Waals surface area contributed by atoms with Gasteiger partial charge in [0.05, 0.1) is 35.6 Å². The third-order valence-electron chi connectivity index (χ3n) is 3.54. The molecule has 0 bridgehead atoms. The van der Waals surface area contributed by atoms with Crippen molar-refractivity contribution in [1.82, 2.24) is 9.78 Å². The Morgan fingerprint density at radius 3 is 2.67 bits per heavy atom. The zero-order chi connectivity index (χ0) is 16.9. The van der Waals surface area contributed by atoms with Crippen LogP contribution in [-0.4, -0.2) is 16.9 Å². The van der Waals surface area contributed by atoms with Crippen LogP contribution in [0, 0.1) is 11.3 Å². The highest BCUT2D eigenvalue weighted by Crippen LogP contribution is 2.21. The second kappa shape index (κ2) is 7.07. The predicted octanol–water partition coefficient (Wildman–Crippen LogP) is 4.02. The van der Waals surface area contributed by atoms with Crippen LogP contribution in [0.1, 0.15) is 11.3 Å². The predicted molar refractivity (Wildman–Crippen MR) is 93.6 cm³/mol. The van der Waals surface area contributed by atoms with Gasteiger partial charge in [-0.15, -0.1) is 0 Å². The zero-order valence-electron chi connectivity index (χ0n) is 13.0. The summed E-state index contributed by atoms with van der Waals surface area (Å²) in [6.07, 6.45) is 1.91. The molecule has 1 heterocycles. The van der Waals surface area contributed by atoms with Gasteiger partial charge in [0.2, 0.25) is 0 Å². The maximum Gasteiger partial charge on any atom is 0.119 e. The number of halogens is 1. The number of nitrogens with zero attached hydrogens (tertiary/aromatic N) is 3. The lowest BCUT2D eigenvalue weighted by atomic mass is 10.2. The van der Waals surface area contributed by atoms with E-state index >= 15 is 0 Å². The molecule has 5 nitrogen and oxygen atoms in total. The van der Waals surface area contributed by atoms with Gasteiger partial charge in [0.25, 0.3) is 0 Å². The molecule has 0 aliphatic heterocycles. The molecule has 1 N–H and O–H groups in total. The molecule has 0 saturated carbocycles. The smallest absolute Gasteiger partial charge is 0.119 e. The van der Waals surface area contributed by atoms with Gasteiger partial charge in [0.15, 0.2) is 0 Å². The summed E-state index contributed by atoms with van der Waals surface area (Å²) in [5.41, 5.74) is 3.17. The number of hydrogen-bond acceptors (Lipinski definition) is 4. The second-order valence-corrected chi connectivity index (χ2v) is 5.52. The summed E-state index contributed by atoms with van der Waals surface area (Å²) in [5.74, 6) is 0.811. The van der Waals surface area contributed by atoms with E-state index in [-0.39, 0.29) is 0 Å². The lowest BCUT2D eigenvalue weighted by molar-refractivity contribution is 0.414. The molecule has 0 saturated heterocycles. The molecule has 120 valence electrons. The molecule has 0 unspecified atom stereocenters. The molecule has 0 aliphatic rings.